The lowest BCUT2D eigenvalue weighted by Crippen LogP contribution is -1.95. The van der Waals surface area contributed by atoms with Crippen LogP contribution in [0.4, 0.5) is 0 Å². The minimum atomic E-state index is -0.0992. The maximum absolute atomic E-state index is 5.97. The Morgan fingerprint density at radius 2 is 1.90 bits per heavy atom. The smallest absolute Gasteiger partial charge is 0.267 e. The van der Waals surface area contributed by atoms with Gasteiger partial charge in [0.2, 0.25) is 11.4 Å². The largest absolute Gasteiger partial charge is 0.449 e. The SMILES string of the molecule is c1ccc2c(c1)oc1c(Oc3ccc(-c4noc(C5CCCO5)n4)cc3)ncnc12. The molecule has 0 aliphatic carbocycles. The van der Waals surface area contributed by atoms with Gasteiger partial charge in [-0.3, -0.25) is 0 Å². The van der Waals surface area contributed by atoms with Crippen LogP contribution in [0.3, 0.4) is 0 Å². The van der Waals surface area contributed by atoms with Crippen molar-refractivity contribution in [3.05, 3.63) is 60.7 Å². The summed E-state index contributed by atoms with van der Waals surface area (Å²) >= 11 is 0. The van der Waals surface area contributed by atoms with Gasteiger partial charge in [-0.15, -0.1) is 0 Å². The van der Waals surface area contributed by atoms with Crippen LogP contribution >= 0.6 is 0 Å². The summed E-state index contributed by atoms with van der Waals surface area (Å²) in [7, 11) is 0. The van der Waals surface area contributed by atoms with Crippen LogP contribution in [0.25, 0.3) is 33.5 Å². The molecule has 148 valence electrons. The first-order valence-electron chi connectivity index (χ1n) is 9.71. The van der Waals surface area contributed by atoms with Gasteiger partial charge in [-0.25, -0.2) is 4.98 Å². The lowest BCUT2D eigenvalue weighted by Gasteiger charge is -2.05. The Kier molecular flexibility index (Phi) is 3.95. The third-order valence-electron chi connectivity index (χ3n) is 5.10. The monoisotopic (exact) mass is 400 g/mol. The third kappa shape index (κ3) is 2.89. The van der Waals surface area contributed by atoms with Gasteiger partial charge in [0, 0.05) is 17.6 Å². The van der Waals surface area contributed by atoms with Crippen molar-refractivity contribution in [2.75, 3.05) is 6.61 Å². The highest BCUT2D eigenvalue weighted by atomic mass is 16.5. The molecule has 4 heterocycles. The molecule has 0 radical (unpaired) electrons. The fourth-order valence-corrected chi connectivity index (χ4v) is 3.61. The summed E-state index contributed by atoms with van der Waals surface area (Å²) in [5.74, 6) is 2.02. The van der Waals surface area contributed by atoms with E-state index in [0.717, 1.165) is 41.5 Å². The van der Waals surface area contributed by atoms with Crippen LogP contribution in [-0.2, 0) is 4.74 Å². The Labute approximate surface area is 170 Å². The average molecular weight is 400 g/mol. The molecule has 0 N–H and O–H groups in total. The molecule has 1 unspecified atom stereocenters. The highest BCUT2D eigenvalue weighted by Gasteiger charge is 2.24. The van der Waals surface area contributed by atoms with Crippen LogP contribution in [0.5, 0.6) is 11.6 Å². The molecule has 1 saturated heterocycles. The Hall–Kier alpha value is -3.78. The fraction of sp³-hybridized carbons (Fsp3) is 0.182. The second-order valence-electron chi connectivity index (χ2n) is 7.04. The van der Waals surface area contributed by atoms with Gasteiger partial charge in [0.1, 0.15) is 29.3 Å². The van der Waals surface area contributed by atoms with Crippen LogP contribution in [0, 0.1) is 0 Å². The molecule has 1 fully saturated rings. The Bertz CT molecular complexity index is 1340. The summed E-state index contributed by atoms with van der Waals surface area (Å²) < 4.78 is 22.8. The van der Waals surface area contributed by atoms with E-state index in [1.54, 1.807) is 0 Å². The number of nitrogens with zero attached hydrogens (tertiary/aromatic N) is 4. The second kappa shape index (κ2) is 6.93. The molecule has 8 heteroatoms. The van der Waals surface area contributed by atoms with Gasteiger partial charge in [-0.2, -0.15) is 9.97 Å². The van der Waals surface area contributed by atoms with Gasteiger partial charge in [0.15, 0.2) is 0 Å². The van der Waals surface area contributed by atoms with E-state index >= 15 is 0 Å². The zero-order chi connectivity index (χ0) is 19.9. The highest BCUT2D eigenvalue weighted by molar-refractivity contribution is 6.03. The summed E-state index contributed by atoms with van der Waals surface area (Å²) in [5.41, 5.74) is 2.81. The van der Waals surface area contributed by atoms with Gasteiger partial charge in [0.05, 0.1) is 0 Å². The molecule has 0 amide bonds. The van der Waals surface area contributed by atoms with E-state index < -0.39 is 0 Å². The molecule has 1 aliphatic rings. The summed E-state index contributed by atoms with van der Waals surface area (Å²) in [6.45, 7) is 0.732. The summed E-state index contributed by atoms with van der Waals surface area (Å²) in [5, 5.41) is 4.99. The van der Waals surface area contributed by atoms with Crippen molar-refractivity contribution in [3.63, 3.8) is 0 Å². The zero-order valence-corrected chi connectivity index (χ0v) is 15.8. The van der Waals surface area contributed by atoms with Gasteiger partial charge < -0.3 is 18.4 Å². The van der Waals surface area contributed by atoms with E-state index in [4.69, 9.17) is 18.4 Å². The number of hydrogen-bond acceptors (Lipinski definition) is 8. The number of rotatable bonds is 4. The van der Waals surface area contributed by atoms with E-state index in [1.807, 2.05) is 48.5 Å². The first kappa shape index (κ1) is 17.1. The van der Waals surface area contributed by atoms with Gasteiger partial charge in [-0.1, -0.05) is 17.3 Å². The van der Waals surface area contributed by atoms with E-state index in [-0.39, 0.29) is 6.10 Å². The molecular formula is C22H16N4O4. The van der Waals surface area contributed by atoms with Crippen LogP contribution in [0.15, 0.2) is 63.8 Å². The molecule has 0 spiro atoms. The van der Waals surface area contributed by atoms with Gasteiger partial charge in [-0.05, 0) is 49.2 Å². The molecule has 5 aromatic rings. The first-order chi connectivity index (χ1) is 14.8. The number of benzene rings is 2. The number of fused-ring (bicyclic) bond motifs is 3. The molecule has 3 aromatic heterocycles. The predicted octanol–water partition coefficient (Wildman–Crippen LogP) is 5.07. The van der Waals surface area contributed by atoms with Crippen molar-refractivity contribution in [1.29, 1.82) is 0 Å². The second-order valence-corrected chi connectivity index (χ2v) is 7.04. The number of ether oxygens (including phenoxy) is 2. The standard InChI is InChI=1S/C22H16N4O4/c1-2-5-16-15(4-1)18-19(29-16)22(24-12-23-18)28-14-9-7-13(8-10-14)20-25-21(30-26-20)17-6-3-11-27-17/h1-2,4-5,7-10,12,17H,3,6,11H2. The molecule has 2 aromatic carbocycles. The molecule has 0 bridgehead atoms. The molecule has 8 nitrogen and oxygen atoms in total. The number of hydrogen-bond donors (Lipinski definition) is 0. The Morgan fingerprint density at radius 1 is 1.00 bits per heavy atom. The molecular weight excluding hydrogens is 384 g/mol. The molecule has 0 saturated carbocycles. The molecule has 1 aliphatic heterocycles. The van der Waals surface area contributed by atoms with Crippen molar-refractivity contribution >= 4 is 22.1 Å². The minimum absolute atomic E-state index is 0.0992. The van der Waals surface area contributed by atoms with E-state index in [1.165, 1.54) is 6.33 Å². The minimum Gasteiger partial charge on any atom is -0.449 e. The van der Waals surface area contributed by atoms with E-state index in [2.05, 4.69) is 20.1 Å². The lowest BCUT2D eigenvalue weighted by molar-refractivity contribution is 0.0835. The number of aromatic nitrogens is 4. The maximum atomic E-state index is 5.97. The third-order valence-corrected chi connectivity index (χ3v) is 5.10. The van der Waals surface area contributed by atoms with E-state index in [0.29, 0.717) is 28.9 Å². The fourth-order valence-electron chi connectivity index (χ4n) is 3.61. The quantitative estimate of drug-likeness (QED) is 0.412. The van der Waals surface area contributed by atoms with Crippen LogP contribution < -0.4 is 4.74 Å². The summed E-state index contributed by atoms with van der Waals surface area (Å²) in [6.07, 6.45) is 3.29. The van der Waals surface area contributed by atoms with Crippen LogP contribution in [-0.4, -0.2) is 26.7 Å². The average Bonchev–Trinajstić information content (AvgIpc) is 3.54. The van der Waals surface area contributed by atoms with Crippen LogP contribution in [0.1, 0.15) is 24.8 Å². The van der Waals surface area contributed by atoms with Gasteiger partial charge in [0.25, 0.3) is 11.8 Å². The molecule has 6 rings (SSSR count). The number of para-hydroxylation sites is 1. The van der Waals surface area contributed by atoms with Crippen molar-refractivity contribution < 1.29 is 18.4 Å². The summed E-state index contributed by atoms with van der Waals surface area (Å²) in [4.78, 5) is 13.0. The predicted molar refractivity (Wildman–Crippen MR) is 107 cm³/mol. The highest BCUT2D eigenvalue weighted by Crippen LogP contribution is 2.34. The Balaban J connectivity index is 1.27. The maximum Gasteiger partial charge on any atom is 0.267 e. The molecule has 1 atom stereocenters. The van der Waals surface area contributed by atoms with Crippen molar-refractivity contribution in [2.24, 2.45) is 0 Å². The van der Waals surface area contributed by atoms with Crippen molar-refractivity contribution in [1.82, 2.24) is 20.1 Å². The van der Waals surface area contributed by atoms with Crippen molar-refractivity contribution in [2.45, 2.75) is 18.9 Å². The first-order valence-corrected chi connectivity index (χ1v) is 9.71. The normalized spacial score (nSPS) is 16.5. The molecule has 30 heavy (non-hydrogen) atoms. The van der Waals surface area contributed by atoms with Crippen molar-refractivity contribution in [3.8, 4) is 23.0 Å². The zero-order valence-electron chi connectivity index (χ0n) is 15.8. The topological polar surface area (TPSA) is 96.3 Å². The van der Waals surface area contributed by atoms with E-state index in [9.17, 15) is 0 Å². The number of furan rings is 1. The Morgan fingerprint density at radius 3 is 2.77 bits per heavy atom. The van der Waals surface area contributed by atoms with Crippen LogP contribution in [0.2, 0.25) is 0 Å². The lowest BCUT2D eigenvalue weighted by atomic mass is 10.2. The summed E-state index contributed by atoms with van der Waals surface area (Å²) in [6, 6.07) is 15.1. The van der Waals surface area contributed by atoms with Gasteiger partial charge >= 0.3 is 0 Å².